The molecule has 0 atom stereocenters. The zero-order valence-corrected chi connectivity index (χ0v) is 18.6. The average molecular weight is 465 g/mol. The van der Waals surface area contributed by atoms with E-state index in [4.69, 9.17) is 4.74 Å². The lowest BCUT2D eigenvalue weighted by Crippen LogP contribution is -2.33. The van der Waals surface area contributed by atoms with Crippen LogP contribution >= 0.6 is 0 Å². The highest BCUT2D eigenvalue weighted by Crippen LogP contribution is 2.27. The lowest BCUT2D eigenvalue weighted by atomic mass is 10.1. The van der Waals surface area contributed by atoms with Crippen LogP contribution in [0, 0.1) is 10.1 Å². The first-order valence-electron chi connectivity index (χ1n) is 9.64. The van der Waals surface area contributed by atoms with Crippen LogP contribution in [0.1, 0.15) is 24.2 Å². The highest BCUT2D eigenvalue weighted by molar-refractivity contribution is 7.89. The molecule has 0 aliphatic carbocycles. The number of ether oxygens (including phenoxy) is 1. The predicted octanol–water partition coefficient (Wildman–Crippen LogP) is 2.00. The maximum absolute atomic E-state index is 12.5. The van der Waals surface area contributed by atoms with Gasteiger partial charge in [0.05, 0.1) is 23.5 Å². The minimum atomic E-state index is -3.61. The summed E-state index contributed by atoms with van der Waals surface area (Å²) in [5, 5.41) is 16.0. The minimum absolute atomic E-state index is 0.00346. The molecule has 0 heterocycles. The van der Waals surface area contributed by atoms with Gasteiger partial charge in [0.25, 0.3) is 5.91 Å². The zero-order valence-electron chi connectivity index (χ0n) is 17.8. The Kier molecular flexibility index (Phi) is 8.27. The molecular formula is C20H24N4O7S. The normalized spacial score (nSPS) is 11.1. The number of rotatable bonds is 10. The van der Waals surface area contributed by atoms with Gasteiger partial charge in [0, 0.05) is 30.4 Å². The number of amides is 2. The third-order valence-corrected chi connectivity index (χ3v) is 6.59. The van der Waals surface area contributed by atoms with Crippen molar-refractivity contribution in [3.63, 3.8) is 0 Å². The number of nitro benzene ring substituents is 1. The van der Waals surface area contributed by atoms with Crippen molar-refractivity contribution in [1.82, 2.24) is 9.62 Å². The summed E-state index contributed by atoms with van der Waals surface area (Å²) < 4.78 is 31.2. The Balaban J connectivity index is 1.99. The van der Waals surface area contributed by atoms with Crippen LogP contribution in [0.15, 0.2) is 47.4 Å². The molecule has 2 amide bonds. The van der Waals surface area contributed by atoms with Crippen molar-refractivity contribution in [3.8, 4) is 5.75 Å². The summed E-state index contributed by atoms with van der Waals surface area (Å²) in [6.45, 7) is 3.78. The van der Waals surface area contributed by atoms with Crippen molar-refractivity contribution in [2.45, 2.75) is 18.7 Å². The first-order chi connectivity index (χ1) is 15.1. The number of sulfonamides is 1. The number of carbonyl (C=O) groups excluding carboxylic acids is 2. The number of hydrogen-bond acceptors (Lipinski definition) is 7. The molecule has 0 spiro atoms. The first-order valence-corrected chi connectivity index (χ1v) is 11.1. The lowest BCUT2D eigenvalue weighted by molar-refractivity contribution is -0.385. The Hall–Kier alpha value is -3.51. The van der Waals surface area contributed by atoms with Crippen LogP contribution in [-0.4, -0.2) is 56.2 Å². The molecule has 2 aromatic carbocycles. The van der Waals surface area contributed by atoms with Gasteiger partial charge < -0.3 is 15.4 Å². The maximum Gasteiger partial charge on any atom is 0.311 e. The standard InChI is InChI=1S/C20H24N4O7S/c1-4-23(5-2)32(29,30)16-9-7-15(8-10-16)22-19(25)13-21-20(26)14-6-11-18(31-3)17(12-14)24(27)28/h6-12H,4-5,13H2,1-3H3,(H,21,26)(H,22,25). The van der Waals surface area contributed by atoms with E-state index in [9.17, 15) is 28.1 Å². The van der Waals surface area contributed by atoms with Gasteiger partial charge in [-0.25, -0.2) is 8.42 Å². The van der Waals surface area contributed by atoms with Crippen LogP contribution in [0.5, 0.6) is 5.75 Å². The first kappa shape index (κ1) is 24.8. The number of carbonyl (C=O) groups is 2. The second-order valence-electron chi connectivity index (χ2n) is 6.49. The Labute approximate surface area is 185 Å². The molecule has 0 fully saturated rings. The molecule has 2 N–H and O–H groups in total. The largest absolute Gasteiger partial charge is 0.490 e. The number of anilines is 1. The van der Waals surface area contributed by atoms with Crippen LogP contribution in [0.4, 0.5) is 11.4 Å². The van der Waals surface area contributed by atoms with Crippen LogP contribution in [-0.2, 0) is 14.8 Å². The van der Waals surface area contributed by atoms with E-state index < -0.39 is 33.3 Å². The Morgan fingerprint density at radius 1 is 1.09 bits per heavy atom. The maximum atomic E-state index is 12.5. The van der Waals surface area contributed by atoms with E-state index in [1.54, 1.807) is 13.8 Å². The number of methoxy groups -OCH3 is 1. The van der Waals surface area contributed by atoms with Crippen molar-refractivity contribution < 1.29 is 27.7 Å². The summed E-state index contributed by atoms with van der Waals surface area (Å²) in [7, 11) is -2.33. The highest BCUT2D eigenvalue weighted by atomic mass is 32.2. The fraction of sp³-hybridized carbons (Fsp3) is 0.300. The average Bonchev–Trinajstić information content (AvgIpc) is 2.78. The molecular weight excluding hydrogens is 440 g/mol. The Morgan fingerprint density at radius 3 is 2.25 bits per heavy atom. The summed E-state index contributed by atoms with van der Waals surface area (Å²) in [6.07, 6.45) is 0. The smallest absolute Gasteiger partial charge is 0.311 e. The summed E-state index contributed by atoms with van der Waals surface area (Å²) in [5.74, 6) is -1.22. The summed E-state index contributed by atoms with van der Waals surface area (Å²) in [4.78, 5) is 34.9. The van der Waals surface area contributed by atoms with Crippen molar-refractivity contribution in [2.24, 2.45) is 0 Å². The van der Waals surface area contributed by atoms with E-state index in [-0.39, 0.29) is 21.9 Å². The van der Waals surface area contributed by atoms with Crippen molar-refractivity contribution in [3.05, 3.63) is 58.1 Å². The third-order valence-electron chi connectivity index (χ3n) is 4.53. The van der Waals surface area contributed by atoms with Gasteiger partial charge in [-0.15, -0.1) is 0 Å². The van der Waals surface area contributed by atoms with Crippen molar-refractivity contribution >= 4 is 33.2 Å². The minimum Gasteiger partial charge on any atom is -0.490 e. The van der Waals surface area contributed by atoms with Gasteiger partial charge in [-0.1, -0.05) is 13.8 Å². The number of hydrogen-bond donors (Lipinski definition) is 2. The number of nitrogens with one attached hydrogen (secondary N) is 2. The SMILES string of the molecule is CCN(CC)S(=O)(=O)c1ccc(NC(=O)CNC(=O)c2ccc(OC)c([N+](=O)[O-])c2)cc1. The van der Waals surface area contributed by atoms with E-state index in [1.165, 1.54) is 47.8 Å². The molecule has 32 heavy (non-hydrogen) atoms. The molecule has 172 valence electrons. The van der Waals surface area contributed by atoms with Crippen molar-refractivity contribution in [1.29, 1.82) is 0 Å². The van der Waals surface area contributed by atoms with Gasteiger partial charge in [-0.3, -0.25) is 19.7 Å². The fourth-order valence-corrected chi connectivity index (χ4v) is 4.32. The van der Waals surface area contributed by atoms with Gasteiger partial charge in [0.15, 0.2) is 5.75 Å². The second kappa shape index (κ2) is 10.7. The molecule has 0 aliphatic heterocycles. The van der Waals surface area contributed by atoms with Gasteiger partial charge in [-0.05, 0) is 36.4 Å². The van der Waals surface area contributed by atoms with Gasteiger partial charge in [0.1, 0.15) is 0 Å². The summed E-state index contributed by atoms with van der Waals surface area (Å²) >= 11 is 0. The van der Waals surface area contributed by atoms with E-state index >= 15 is 0 Å². The van der Waals surface area contributed by atoms with E-state index in [1.807, 2.05) is 0 Å². The molecule has 2 aromatic rings. The monoisotopic (exact) mass is 464 g/mol. The van der Waals surface area contributed by atoms with Gasteiger partial charge in [-0.2, -0.15) is 4.31 Å². The Bertz CT molecular complexity index is 1100. The zero-order chi connectivity index (χ0) is 23.9. The highest BCUT2D eigenvalue weighted by Gasteiger charge is 2.21. The molecule has 12 heteroatoms. The Morgan fingerprint density at radius 2 is 1.72 bits per heavy atom. The van der Waals surface area contributed by atoms with Crippen molar-refractivity contribution in [2.75, 3.05) is 32.1 Å². The van der Waals surface area contributed by atoms with E-state index in [0.717, 1.165) is 6.07 Å². The number of benzene rings is 2. The molecule has 2 rings (SSSR count). The van der Waals surface area contributed by atoms with E-state index in [2.05, 4.69) is 10.6 Å². The molecule has 0 unspecified atom stereocenters. The number of nitro groups is 1. The summed E-state index contributed by atoms with van der Waals surface area (Å²) in [6, 6.07) is 9.36. The molecule has 0 aromatic heterocycles. The molecule has 0 aliphatic rings. The van der Waals surface area contributed by atoms with Crippen LogP contribution in [0.3, 0.4) is 0 Å². The quantitative estimate of drug-likeness (QED) is 0.403. The predicted molar refractivity (Wildman–Crippen MR) is 117 cm³/mol. The second-order valence-corrected chi connectivity index (χ2v) is 8.43. The van der Waals surface area contributed by atoms with E-state index in [0.29, 0.717) is 18.8 Å². The molecule has 0 radical (unpaired) electrons. The molecule has 0 bridgehead atoms. The lowest BCUT2D eigenvalue weighted by Gasteiger charge is -2.18. The topological polar surface area (TPSA) is 148 Å². The molecule has 0 saturated heterocycles. The molecule has 0 saturated carbocycles. The third kappa shape index (κ3) is 5.80. The van der Waals surface area contributed by atoms with Crippen LogP contribution < -0.4 is 15.4 Å². The van der Waals surface area contributed by atoms with Crippen LogP contribution in [0.25, 0.3) is 0 Å². The van der Waals surface area contributed by atoms with Gasteiger partial charge >= 0.3 is 5.69 Å². The summed E-state index contributed by atoms with van der Waals surface area (Å²) in [5.41, 5.74) is -0.0246. The van der Waals surface area contributed by atoms with Crippen LogP contribution in [0.2, 0.25) is 0 Å². The van der Waals surface area contributed by atoms with Gasteiger partial charge in [0.2, 0.25) is 15.9 Å². The number of nitrogens with zero attached hydrogens (tertiary/aromatic N) is 2. The molecule has 11 nitrogen and oxygen atoms in total. The fourth-order valence-electron chi connectivity index (χ4n) is 2.86.